The molecule has 0 saturated carbocycles. The van der Waals surface area contributed by atoms with Crippen LogP contribution in [0.4, 0.5) is 0 Å². The van der Waals surface area contributed by atoms with Gasteiger partial charge in [-0.1, -0.05) is 43.7 Å². The molecule has 142 valence electrons. The maximum Gasteiger partial charge on any atom is 0.262 e. The van der Waals surface area contributed by atoms with E-state index in [0.29, 0.717) is 28.4 Å². The second kappa shape index (κ2) is 9.41. The predicted octanol–water partition coefficient (Wildman–Crippen LogP) is 3.44. The lowest BCUT2D eigenvalue weighted by Gasteiger charge is -2.12. The van der Waals surface area contributed by atoms with Gasteiger partial charge in [-0.25, -0.2) is 4.98 Å². The Morgan fingerprint density at radius 2 is 2.07 bits per heavy atom. The topological polar surface area (TPSA) is 77.1 Å². The number of thioether (sulfide) groups is 1. The molecule has 1 amide bonds. The lowest BCUT2D eigenvalue weighted by molar-refractivity contribution is -0.118. The molecule has 1 aromatic carbocycles. The molecule has 2 aromatic heterocycles. The Morgan fingerprint density at radius 3 is 2.85 bits per heavy atom. The Balaban J connectivity index is 1.80. The average molecular weight is 385 g/mol. The molecule has 0 fully saturated rings. The SMILES string of the molecule is CCCCCNC(=O)CSc1nc2ccccc2c(=O)n1Cc1ccco1. The number of benzene rings is 1. The molecule has 0 unspecified atom stereocenters. The van der Waals surface area contributed by atoms with E-state index in [1.165, 1.54) is 11.8 Å². The van der Waals surface area contributed by atoms with Crippen molar-refractivity contribution in [3.8, 4) is 0 Å². The molecule has 27 heavy (non-hydrogen) atoms. The molecule has 0 radical (unpaired) electrons. The van der Waals surface area contributed by atoms with E-state index in [0.717, 1.165) is 19.3 Å². The van der Waals surface area contributed by atoms with Crippen molar-refractivity contribution < 1.29 is 9.21 Å². The van der Waals surface area contributed by atoms with Gasteiger partial charge in [-0.3, -0.25) is 14.2 Å². The summed E-state index contributed by atoms with van der Waals surface area (Å²) in [6, 6.07) is 10.8. The molecular weight excluding hydrogens is 362 g/mol. The fourth-order valence-corrected chi connectivity index (χ4v) is 3.57. The summed E-state index contributed by atoms with van der Waals surface area (Å²) in [6.07, 6.45) is 4.77. The monoisotopic (exact) mass is 385 g/mol. The lowest BCUT2D eigenvalue weighted by Crippen LogP contribution is -2.28. The molecule has 6 nitrogen and oxygen atoms in total. The van der Waals surface area contributed by atoms with Crippen LogP contribution in [0.15, 0.2) is 57.0 Å². The summed E-state index contributed by atoms with van der Waals surface area (Å²) in [5, 5.41) is 3.98. The van der Waals surface area contributed by atoms with Crippen LogP contribution in [-0.2, 0) is 11.3 Å². The summed E-state index contributed by atoms with van der Waals surface area (Å²) >= 11 is 1.27. The smallest absolute Gasteiger partial charge is 0.262 e. The normalized spacial score (nSPS) is 11.0. The van der Waals surface area contributed by atoms with Crippen LogP contribution >= 0.6 is 11.8 Å². The van der Waals surface area contributed by atoms with E-state index < -0.39 is 0 Å². The Labute approximate surface area is 162 Å². The summed E-state index contributed by atoms with van der Waals surface area (Å²) in [4.78, 5) is 29.6. The number of hydrogen-bond acceptors (Lipinski definition) is 5. The van der Waals surface area contributed by atoms with Crippen LogP contribution in [0, 0.1) is 0 Å². The van der Waals surface area contributed by atoms with Crippen LogP contribution < -0.4 is 10.9 Å². The maximum atomic E-state index is 12.9. The number of carbonyl (C=O) groups excluding carboxylic acids is 1. The van der Waals surface area contributed by atoms with Crippen LogP contribution in [0.2, 0.25) is 0 Å². The van der Waals surface area contributed by atoms with Crippen molar-refractivity contribution in [3.05, 3.63) is 58.8 Å². The van der Waals surface area contributed by atoms with Gasteiger partial charge in [0.1, 0.15) is 5.76 Å². The zero-order chi connectivity index (χ0) is 19.1. The van der Waals surface area contributed by atoms with Crippen LogP contribution in [-0.4, -0.2) is 27.8 Å². The van der Waals surface area contributed by atoms with E-state index in [-0.39, 0.29) is 23.8 Å². The number of nitrogens with one attached hydrogen (secondary N) is 1. The fraction of sp³-hybridized carbons (Fsp3) is 0.350. The van der Waals surface area contributed by atoms with Crippen molar-refractivity contribution in [2.45, 2.75) is 37.9 Å². The van der Waals surface area contributed by atoms with Gasteiger partial charge < -0.3 is 9.73 Å². The van der Waals surface area contributed by atoms with Gasteiger partial charge in [0.2, 0.25) is 5.91 Å². The average Bonchev–Trinajstić information content (AvgIpc) is 3.19. The third-order valence-corrected chi connectivity index (χ3v) is 5.13. The van der Waals surface area contributed by atoms with Crippen molar-refractivity contribution in [3.63, 3.8) is 0 Å². The van der Waals surface area contributed by atoms with Crippen molar-refractivity contribution >= 4 is 28.6 Å². The standard InChI is InChI=1S/C20H23N3O3S/c1-2-3-6-11-21-18(24)14-27-20-22-17-10-5-4-9-16(17)19(25)23(20)13-15-8-7-12-26-15/h4-5,7-10,12H,2-3,6,11,13-14H2,1H3,(H,21,24). The molecule has 0 bridgehead atoms. The summed E-state index contributed by atoms with van der Waals surface area (Å²) in [5.41, 5.74) is 0.493. The first-order chi connectivity index (χ1) is 13.2. The molecule has 0 aliphatic heterocycles. The van der Waals surface area contributed by atoms with Crippen LogP contribution in [0.25, 0.3) is 10.9 Å². The van der Waals surface area contributed by atoms with Gasteiger partial charge in [-0.15, -0.1) is 0 Å². The fourth-order valence-electron chi connectivity index (χ4n) is 2.74. The highest BCUT2D eigenvalue weighted by Crippen LogP contribution is 2.19. The quantitative estimate of drug-likeness (QED) is 0.347. The van der Waals surface area contributed by atoms with Crippen molar-refractivity contribution in [2.24, 2.45) is 0 Å². The zero-order valence-corrected chi connectivity index (χ0v) is 16.1. The molecule has 0 atom stereocenters. The first-order valence-corrected chi connectivity index (χ1v) is 10.1. The van der Waals surface area contributed by atoms with Gasteiger partial charge in [-0.05, 0) is 30.7 Å². The highest BCUT2D eigenvalue weighted by molar-refractivity contribution is 7.99. The number of carbonyl (C=O) groups is 1. The van der Waals surface area contributed by atoms with Gasteiger partial charge >= 0.3 is 0 Å². The Morgan fingerprint density at radius 1 is 1.22 bits per heavy atom. The van der Waals surface area contributed by atoms with Gasteiger partial charge in [0.25, 0.3) is 5.56 Å². The minimum atomic E-state index is -0.136. The number of rotatable bonds is 9. The highest BCUT2D eigenvalue weighted by atomic mass is 32.2. The number of nitrogens with zero attached hydrogens (tertiary/aromatic N) is 2. The van der Waals surface area contributed by atoms with Crippen LogP contribution in [0.3, 0.4) is 0 Å². The number of amides is 1. The number of furan rings is 1. The van der Waals surface area contributed by atoms with Gasteiger partial charge in [0.15, 0.2) is 5.16 Å². The number of para-hydroxylation sites is 1. The molecule has 7 heteroatoms. The second-order valence-electron chi connectivity index (χ2n) is 6.23. The van der Waals surface area contributed by atoms with E-state index in [1.54, 1.807) is 23.0 Å². The van der Waals surface area contributed by atoms with Gasteiger partial charge in [0, 0.05) is 6.54 Å². The molecule has 0 saturated heterocycles. The summed E-state index contributed by atoms with van der Waals surface area (Å²) in [5.74, 6) is 0.831. The number of hydrogen-bond donors (Lipinski definition) is 1. The minimum Gasteiger partial charge on any atom is -0.467 e. The predicted molar refractivity (Wildman–Crippen MR) is 107 cm³/mol. The van der Waals surface area contributed by atoms with E-state index >= 15 is 0 Å². The summed E-state index contributed by atoms with van der Waals surface area (Å²) in [7, 11) is 0. The first kappa shape index (κ1) is 19.2. The Hall–Kier alpha value is -2.54. The van der Waals surface area contributed by atoms with E-state index in [2.05, 4.69) is 17.2 Å². The molecule has 0 aliphatic rings. The van der Waals surface area contributed by atoms with E-state index in [9.17, 15) is 9.59 Å². The number of unbranched alkanes of at least 4 members (excludes halogenated alkanes) is 2. The molecular formula is C20H23N3O3S. The molecule has 2 heterocycles. The molecule has 1 N–H and O–H groups in total. The van der Waals surface area contributed by atoms with E-state index in [1.807, 2.05) is 24.3 Å². The third kappa shape index (κ3) is 5.01. The maximum absolute atomic E-state index is 12.9. The molecule has 3 aromatic rings. The first-order valence-electron chi connectivity index (χ1n) is 9.10. The number of aromatic nitrogens is 2. The highest BCUT2D eigenvalue weighted by Gasteiger charge is 2.14. The molecule has 0 spiro atoms. The minimum absolute atomic E-state index is 0.0527. The van der Waals surface area contributed by atoms with Crippen molar-refractivity contribution in [1.29, 1.82) is 0 Å². The summed E-state index contributed by atoms with van der Waals surface area (Å²) < 4.78 is 6.95. The lowest BCUT2D eigenvalue weighted by atomic mass is 10.2. The third-order valence-electron chi connectivity index (χ3n) is 4.16. The van der Waals surface area contributed by atoms with Crippen LogP contribution in [0.1, 0.15) is 31.9 Å². The largest absolute Gasteiger partial charge is 0.467 e. The van der Waals surface area contributed by atoms with Crippen LogP contribution in [0.5, 0.6) is 0 Å². The van der Waals surface area contributed by atoms with Crippen molar-refractivity contribution in [1.82, 2.24) is 14.9 Å². The second-order valence-corrected chi connectivity index (χ2v) is 7.17. The Kier molecular flexibility index (Phi) is 6.70. The summed E-state index contributed by atoms with van der Waals surface area (Å²) in [6.45, 7) is 3.09. The Bertz CT molecular complexity index is 951. The zero-order valence-electron chi connectivity index (χ0n) is 15.3. The van der Waals surface area contributed by atoms with Crippen molar-refractivity contribution in [2.75, 3.05) is 12.3 Å². The van der Waals surface area contributed by atoms with Gasteiger partial charge in [-0.2, -0.15) is 0 Å². The van der Waals surface area contributed by atoms with Gasteiger partial charge in [0.05, 0.1) is 29.5 Å². The molecule has 3 rings (SSSR count). The number of fused-ring (bicyclic) bond motifs is 1. The molecule has 0 aliphatic carbocycles. The van der Waals surface area contributed by atoms with E-state index in [4.69, 9.17) is 4.42 Å².